The van der Waals surface area contributed by atoms with E-state index in [2.05, 4.69) is 148 Å². The zero-order chi connectivity index (χ0) is 68.3. The number of hydrogen-bond donors (Lipinski definition) is 0. The first kappa shape index (κ1) is 90.2. The van der Waals surface area contributed by atoms with Crippen molar-refractivity contribution in [1.29, 1.82) is 0 Å². The van der Waals surface area contributed by atoms with Crippen molar-refractivity contribution < 1.29 is 42.1 Å². The highest BCUT2D eigenvalue weighted by Crippen LogP contribution is 2.38. The molecule has 0 N–H and O–H groups in total. The van der Waals surface area contributed by atoms with E-state index in [4.69, 9.17) is 18.5 Å². The van der Waals surface area contributed by atoms with Crippen LogP contribution in [0.25, 0.3) is 0 Å². The average Bonchev–Trinajstić information content (AvgIpc) is 1.56. The minimum Gasteiger partial charge on any atom is -0.756 e. The number of quaternary nitrogens is 1. The fourth-order valence-corrected chi connectivity index (χ4v) is 11.5. The highest BCUT2D eigenvalue weighted by molar-refractivity contribution is 7.45. The second-order valence-corrected chi connectivity index (χ2v) is 28.4. The van der Waals surface area contributed by atoms with Crippen molar-refractivity contribution in [3.05, 3.63) is 134 Å². The summed E-state index contributed by atoms with van der Waals surface area (Å²) in [5.74, 6) is -0.835. The van der Waals surface area contributed by atoms with Crippen LogP contribution in [0.2, 0.25) is 0 Å². The maximum Gasteiger partial charge on any atom is 0.306 e. The molecule has 2 unspecified atom stereocenters. The number of phosphoric ester groups is 1. The molecular formula is C84H146NO8P. The smallest absolute Gasteiger partial charge is 0.306 e. The van der Waals surface area contributed by atoms with Gasteiger partial charge >= 0.3 is 11.9 Å². The molecule has 10 heteroatoms. The van der Waals surface area contributed by atoms with Gasteiger partial charge in [-0.1, -0.05) is 340 Å². The van der Waals surface area contributed by atoms with Gasteiger partial charge in [0.15, 0.2) is 6.10 Å². The molecule has 0 aromatic heterocycles. The van der Waals surface area contributed by atoms with E-state index in [-0.39, 0.29) is 32.0 Å². The molecular weight excluding hydrogens is 1180 g/mol. The van der Waals surface area contributed by atoms with Crippen molar-refractivity contribution in [3.8, 4) is 0 Å². The van der Waals surface area contributed by atoms with Crippen LogP contribution in [0.1, 0.15) is 335 Å². The van der Waals surface area contributed by atoms with Crippen LogP contribution in [-0.4, -0.2) is 70.0 Å². The predicted molar refractivity (Wildman–Crippen MR) is 406 cm³/mol. The van der Waals surface area contributed by atoms with E-state index < -0.39 is 26.5 Å². The molecule has 0 aromatic rings. The lowest BCUT2D eigenvalue weighted by Crippen LogP contribution is -2.37. The maximum absolute atomic E-state index is 12.9. The van der Waals surface area contributed by atoms with E-state index in [1.54, 1.807) is 0 Å². The second-order valence-electron chi connectivity index (χ2n) is 27.0. The molecule has 0 aliphatic rings. The lowest BCUT2D eigenvalue weighted by atomic mass is 10.0. The summed E-state index contributed by atoms with van der Waals surface area (Å²) in [5.41, 5.74) is 0. The van der Waals surface area contributed by atoms with Crippen molar-refractivity contribution in [1.82, 2.24) is 0 Å². The third kappa shape index (κ3) is 77.2. The summed E-state index contributed by atoms with van der Waals surface area (Å²) in [7, 11) is 1.16. The van der Waals surface area contributed by atoms with Gasteiger partial charge in [-0.05, 0) is 116 Å². The van der Waals surface area contributed by atoms with Crippen LogP contribution >= 0.6 is 7.82 Å². The molecule has 0 fully saturated rings. The average molecular weight is 1330 g/mol. The Balaban J connectivity index is 4.04. The number of esters is 2. The SMILES string of the molecule is CC/C=C\C/C=C\C/C=C\C/C=C\C/C=C\C/C=C\C/C=C\C/C=C\C/C=C\CCCCCCCCCCCC(=O)OC(COC(=O)CCCCCCCCCCCCCCCCCCCCCCC/C=C\C/C=C\CCCCCCC)COP(=O)([O-])OCC[N+](C)(C)C. The molecule has 540 valence electrons. The first-order chi connectivity index (χ1) is 46.0. The van der Waals surface area contributed by atoms with Gasteiger partial charge < -0.3 is 27.9 Å². The molecule has 0 amide bonds. The molecule has 0 rings (SSSR count). The molecule has 94 heavy (non-hydrogen) atoms. The highest BCUT2D eigenvalue weighted by Gasteiger charge is 2.22. The van der Waals surface area contributed by atoms with Crippen LogP contribution in [0.4, 0.5) is 0 Å². The third-order valence-corrected chi connectivity index (χ3v) is 17.6. The quantitative estimate of drug-likeness (QED) is 0.0195. The first-order valence-electron chi connectivity index (χ1n) is 38.9. The van der Waals surface area contributed by atoms with Crippen molar-refractivity contribution in [3.63, 3.8) is 0 Å². The maximum atomic E-state index is 12.9. The Labute approximate surface area is 581 Å². The van der Waals surface area contributed by atoms with Gasteiger partial charge in [0.2, 0.25) is 0 Å². The van der Waals surface area contributed by atoms with Crippen molar-refractivity contribution in [2.75, 3.05) is 47.5 Å². The summed E-state index contributed by atoms with van der Waals surface area (Å²) in [6.45, 7) is 4.14. The van der Waals surface area contributed by atoms with E-state index in [1.807, 2.05) is 21.1 Å². The molecule has 0 saturated heterocycles. The number of phosphoric acid groups is 1. The van der Waals surface area contributed by atoms with Crippen molar-refractivity contribution >= 4 is 19.8 Å². The van der Waals surface area contributed by atoms with Gasteiger partial charge in [0.25, 0.3) is 7.82 Å². The molecule has 0 heterocycles. The summed E-state index contributed by atoms with van der Waals surface area (Å²) in [6, 6.07) is 0. The third-order valence-electron chi connectivity index (χ3n) is 16.7. The monoisotopic (exact) mass is 1330 g/mol. The van der Waals surface area contributed by atoms with E-state index in [9.17, 15) is 19.0 Å². The van der Waals surface area contributed by atoms with E-state index >= 15 is 0 Å². The van der Waals surface area contributed by atoms with Gasteiger partial charge in [0, 0.05) is 12.8 Å². The van der Waals surface area contributed by atoms with Crippen molar-refractivity contribution in [2.24, 2.45) is 0 Å². The van der Waals surface area contributed by atoms with E-state index in [1.165, 1.54) is 193 Å². The second kappa shape index (κ2) is 73.4. The van der Waals surface area contributed by atoms with Gasteiger partial charge in [0.1, 0.15) is 19.8 Å². The number of ether oxygens (including phenoxy) is 2. The van der Waals surface area contributed by atoms with Gasteiger partial charge in [0.05, 0.1) is 27.7 Å². The van der Waals surface area contributed by atoms with Crippen LogP contribution in [-0.2, 0) is 32.7 Å². The molecule has 0 bridgehead atoms. The van der Waals surface area contributed by atoms with Crippen LogP contribution < -0.4 is 4.89 Å². The fourth-order valence-electron chi connectivity index (χ4n) is 10.7. The predicted octanol–water partition coefficient (Wildman–Crippen LogP) is 25.3. The van der Waals surface area contributed by atoms with Gasteiger partial charge in [-0.15, -0.1) is 0 Å². The summed E-state index contributed by atoms with van der Waals surface area (Å²) < 4.78 is 34.4. The Morgan fingerprint density at radius 2 is 0.606 bits per heavy atom. The van der Waals surface area contributed by atoms with Gasteiger partial charge in [-0.3, -0.25) is 14.2 Å². The summed E-state index contributed by atoms with van der Waals surface area (Å²) in [6.07, 6.45) is 107. The van der Waals surface area contributed by atoms with Crippen LogP contribution in [0, 0.1) is 0 Å². The molecule has 2 atom stereocenters. The summed E-state index contributed by atoms with van der Waals surface area (Å²) in [4.78, 5) is 38.2. The van der Waals surface area contributed by atoms with Crippen LogP contribution in [0.3, 0.4) is 0 Å². The molecule has 0 saturated carbocycles. The zero-order valence-corrected chi connectivity index (χ0v) is 62.5. The zero-order valence-electron chi connectivity index (χ0n) is 61.6. The van der Waals surface area contributed by atoms with Crippen LogP contribution in [0.5, 0.6) is 0 Å². The minimum atomic E-state index is -4.65. The highest BCUT2D eigenvalue weighted by atomic mass is 31.2. The number of carbonyl (C=O) groups is 2. The topological polar surface area (TPSA) is 111 Å². The minimum absolute atomic E-state index is 0.0365. The van der Waals surface area contributed by atoms with E-state index in [0.29, 0.717) is 17.4 Å². The van der Waals surface area contributed by atoms with E-state index in [0.717, 1.165) is 109 Å². The first-order valence-corrected chi connectivity index (χ1v) is 40.4. The Hall–Kier alpha value is -3.85. The number of allylic oxidation sites excluding steroid dienone is 22. The normalized spacial score (nSPS) is 13.8. The standard InChI is InChI=1S/C84H146NO8P/c1-6-8-10-12-14-16-18-20-22-24-26-28-30-32-34-36-38-40-41-42-43-45-47-49-51-53-55-57-59-61-63-65-67-69-71-73-75-77-84(87)93-82(81-92-94(88,89)91-79-78-85(3,4)5)80-90-83(86)76-74-72-70-68-66-64-62-60-58-56-54-52-50-48-46-44-39-37-35-33-31-29-27-25-23-21-19-17-15-13-11-9-7-2/h8,10,14,16,19-22,25-28,32,34,38,40,42-43,47,49,53,55,82H,6-7,9,11-13,15,17-18,23-24,29-31,33,35-37,39,41,44-46,48,50-52,54,56-81H2,1-5H3/b10-8-,16-14-,21-19-,22-20-,27-25-,28-26-,34-32-,40-38-,43-42-,49-47-,55-53-. The number of hydrogen-bond acceptors (Lipinski definition) is 8. The number of nitrogens with zero attached hydrogens (tertiary/aromatic N) is 1. The Bertz CT molecular complexity index is 2050. The molecule has 0 aliphatic carbocycles. The van der Waals surface area contributed by atoms with Crippen LogP contribution in [0.15, 0.2) is 134 Å². The Kier molecular flexibility index (Phi) is 70.4. The number of likely N-dealkylation sites (N-methyl/N-ethyl adjacent to an activating group) is 1. The molecule has 9 nitrogen and oxygen atoms in total. The molecule has 0 aliphatic heterocycles. The largest absolute Gasteiger partial charge is 0.756 e. The number of unbranched alkanes of at least 4 members (excludes halogenated alkanes) is 35. The lowest BCUT2D eigenvalue weighted by molar-refractivity contribution is -0.870. The Morgan fingerprint density at radius 1 is 0.340 bits per heavy atom. The Morgan fingerprint density at radius 3 is 0.904 bits per heavy atom. The molecule has 0 spiro atoms. The van der Waals surface area contributed by atoms with Crippen molar-refractivity contribution in [2.45, 2.75) is 341 Å². The summed E-state index contributed by atoms with van der Waals surface area (Å²) >= 11 is 0. The molecule has 0 radical (unpaired) electrons. The lowest BCUT2D eigenvalue weighted by Gasteiger charge is -2.28. The molecule has 0 aromatic carbocycles. The number of carbonyl (C=O) groups excluding carboxylic acids is 2. The van der Waals surface area contributed by atoms with Gasteiger partial charge in [-0.25, -0.2) is 0 Å². The number of rotatable bonds is 71. The fraction of sp³-hybridized carbons (Fsp3) is 0.714. The summed E-state index contributed by atoms with van der Waals surface area (Å²) in [5, 5.41) is 0. The van der Waals surface area contributed by atoms with Gasteiger partial charge in [-0.2, -0.15) is 0 Å².